The van der Waals surface area contributed by atoms with Gasteiger partial charge in [-0.25, -0.2) is 9.97 Å². The number of H-pyrrole nitrogens is 2. The Labute approximate surface area is 175 Å². The first-order valence-electron chi connectivity index (χ1n) is 9.04. The number of aromatic amines is 2. The molecule has 3 heterocycles. The highest BCUT2D eigenvalue weighted by atomic mass is 35.5. The van der Waals surface area contributed by atoms with E-state index in [1.807, 2.05) is 42.5 Å². The lowest BCUT2D eigenvalue weighted by Gasteiger charge is -2.07. The number of benzene rings is 2. The number of amides is 1. The van der Waals surface area contributed by atoms with Gasteiger partial charge in [0, 0.05) is 28.4 Å². The number of anilines is 1. The molecule has 5 aromatic rings. The maximum Gasteiger partial charge on any atom is 0.257 e. The van der Waals surface area contributed by atoms with Crippen molar-refractivity contribution in [3.8, 4) is 22.6 Å². The van der Waals surface area contributed by atoms with E-state index in [4.69, 9.17) is 11.6 Å². The van der Waals surface area contributed by atoms with Crippen LogP contribution in [0.3, 0.4) is 0 Å². The van der Waals surface area contributed by atoms with Crippen LogP contribution in [0.2, 0.25) is 5.15 Å². The molecular formula is C21H14ClN7O. The molecule has 0 unspecified atom stereocenters. The average molecular weight is 416 g/mol. The minimum absolute atomic E-state index is 0.268. The highest BCUT2D eigenvalue weighted by Crippen LogP contribution is 2.30. The quantitative estimate of drug-likeness (QED) is 0.378. The summed E-state index contributed by atoms with van der Waals surface area (Å²) in [6.07, 6.45) is 2.91. The molecule has 0 aliphatic heterocycles. The lowest BCUT2D eigenvalue weighted by molar-refractivity contribution is 0.102. The molecule has 2 aromatic carbocycles. The number of carbonyl (C=O) groups is 1. The molecule has 0 fully saturated rings. The molecule has 1 amide bonds. The molecule has 0 radical (unpaired) electrons. The fourth-order valence-corrected chi connectivity index (χ4v) is 3.30. The van der Waals surface area contributed by atoms with Crippen LogP contribution in [-0.2, 0) is 0 Å². The number of aromatic nitrogens is 6. The van der Waals surface area contributed by atoms with E-state index in [0.717, 1.165) is 27.7 Å². The second-order valence-corrected chi connectivity index (χ2v) is 6.96. The van der Waals surface area contributed by atoms with Crippen LogP contribution in [0.4, 0.5) is 5.69 Å². The first-order valence-corrected chi connectivity index (χ1v) is 9.42. The number of nitrogens with zero attached hydrogens (tertiary/aromatic N) is 4. The molecule has 0 aliphatic rings. The molecule has 5 rings (SSSR count). The van der Waals surface area contributed by atoms with E-state index < -0.39 is 0 Å². The van der Waals surface area contributed by atoms with E-state index in [1.54, 1.807) is 12.1 Å². The van der Waals surface area contributed by atoms with Gasteiger partial charge in [0.25, 0.3) is 5.91 Å². The lowest BCUT2D eigenvalue weighted by atomic mass is 10.0. The molecule has 30 heavy (non-hydrogen) atoms. The Morgan fingerprint density at radius 2 is 1.90 bits per heavy atom. The molecule has 3 N–H and O–H groups in total. The van der Waals surface area contributed by atoms with Gasteiger partial charge in [0.15, 0.2) is 5.82 Å². The SMILES string of the molecule is O=C(Nc1cccc(-c2n[nH]c3ccc(-c4ncn[nH]4)cc23)c1)c1ccc(Cl)nc1. The fourth-order valence-electron chi connectivity index (χ4n) is 3.18. The number of rotatable bonds is 4. The first-order chi connectivity index (χ1) is 14.7. The minimum atomic E-state index is -0.268. The monoisotopic (exact) mass is 415 g/mol. The third-order valence-corrected chi connectivity index (χ3v) is 4.86. The molecule has 0 saturated heterocycles. The average Bonchev–Trinajstić information content (AvgIpc) is 3.44. The van der Waals surface area contributed by atoms with Crippen LogP contribution in [-0.4, -0.2) is 36.3 Å². The molecule has 0 aliphatic carbocycles. The van der Waals surface area contributed by atoms with Crippen LogP contribution in [0, 0.1) is 0 Å². The van der Waals surface area contributed by atoms with Gasteiger partial charge in [-0.15, -0.1) is 0 Å². The van der Waals surface area contributed by atoms with Gasteiger partial charge in [-0.1, -0.05) is 23.7 Å². The molecule has 146 valence electrons. The van der Waals surface area contributed by atoms with Crippen molar-refractivity contribution in [1.29, 1.82) is 0 Å². The molecule has 0 spiro atoms. The third kappa shape index (κ3) is 3.40. The normalized spacial score (nSPS) is 11.0. The number of halogens is 1. The highest BCUT2D eigenvalue weighted by molar-refractivity contribution is 6.29. The summed E-state index contributed by atoms with van der Waals surface area (Å²) in [4.78, 5) is 20.6. The highest BCUT2D eigenvalue weighted by Gasteiger charge is 2.12. The van der Waals surface area contributed by atoms with E-state index in [1.165, 1.54) is 12.5 Å². The number of carbonyl (C=O) groups excluding carboxylic acids is 1. The maximum atomic E-state index is 12.5. The van der Waals surface area contributed by atoms with E-state index in [9.17, 15) is 4.79 Å². The number of fused-ring (bicyclic) bond motifs is 1. The van der Waals surface area contributed by atoms with Crippen molar-refractivity contribution >= 4 is 34.1 Å². The van der Waals surface area contributed by atoms with E-state index in [0.29, 0.717) is 22.2 Å². The Balaban J connectivity index is 1.47. The van der Waals surface area contributed by atoms with Crippen molar-refractivity contribution in [2.45, 2.75) is 0 Å². The second kappa shape index (κ2) is 7.41. The summed E-state index contributed by atoms with van der Waals surface area (Å²) in [6, 6.07) is 16.6. The zero-order valence-electron chi connectivity index (χ0n) is 15.4. The van der Waals surface area contributed by atoms with Crippen LogP contribution in [0.25, 0.3) is 33.5 Å². The Kier molecular flexibility index (Phi) is 4.45. The van der Waals surface area contributed by atoms with Crippen LogP contribution in [0.5, 0.6) is 0 Å². The van der Waals surface area contributed by atoms with Gasteiger partial charge in [0.05, 0.1) is 16.8 Å². The van der Waals surface area contributed by atoms with E-state index >= 15 is 0 Å². The first kappa shape index (κ1) is 18.0. The largest absolute Gasteiger partial charge is 0.322 e. The molecule has 8 nitrogen and oxygen atoms in total. The van der Waals surface area contributed by atoms with Gasteiger partial charge in [-0.3, -0.25) is 15.0 Å². The zero-order chi connectivity index (χ0) is 20.5. The van der Waals surface area contributed by atoms with Crippen LogP contribution in [0.1, 0.15) is 10.4 Å². The Morgan fingerprint density at radius 3 is 2.70 bits per heavy atom. The van der Waals surface area contributed by atoms with Gasteiger partial charge in [0.2, 0.25) is 0 Å². The van der Waals surface area contributed by atoms with Gasteiger partial charge >= 0.3 is 0 Å². The van der Waals surface area contributed by atoms with Crippen molar-refractivity contribution in [2.24, 2.45) is 0 Å². The second-order valence-electron chi connectivity index (χ2n) is 6.57. The summed E-state index contributed by atoms with van der Waals surface area (Å²) >= 11 is 5.78. The summed E-state index contributed by atoms with van der Waals surface area (Å²) < 4.78 is 0. The summed E-state index contributed by atoms with van der Waals surface area (Å²) in [5.74, 6) is 0.414. The van der Waals surface area contributed by atoms with Crippen molar-refractivity contribution < 1.29 is 4.79 Å². The van der Waals surface area contributed by atoms with Gasteiger partial charge in [-0.2, -0.15) is 10.2 Å². The predicted molar refractivity (Wildman–Crippen MR) is 114 cm³/mol. The molecule has 0 atom stereocenters. The molecule has 9 heteroatoms. The molecule has 0 bridgehead atoms. The fraction of sp³-hybridized carbons (Fsp3) is 0. The van der Waals surface area contributed by atoms with E-state index in [2.05, 4.69) is 35.7 Å². The van der Waals surface area contributed by atoms with Gasteiger partial charge in [-0.05, 0) is 42.5 Å². The Morgan fingerprint density at radius 1 is 0.967 bits per heavy atom. The smallest absolute Gasteiger partial charge is 0.257 e. The van der Waals surface area contributed by atoms with E-state index in [-0.39, 0.29) is 5.91 Å². The van der Waals surface area contributed by atoms with Crippen molar-refractivity contribution in [1.82, 2.24) is 30.4 Å². The third-order valence-electron chi connectivity index (χ3n) is 4.63. The summed E-state index contributed by atoms with van der Waals surface area (Å²) in [7, 11) is 0. The van der Waals surface area contributed by atoms with Crippen LogP contribution in [0.15, 0.2) is 67.1 Å². The molecule has 0 saturated carbocycles. The number of nitrogens with one attached hydrogen (secondary N) is 3. The minimum Gasteiger partial charge on any atom is -0.322 e. The predicted octanol–water partition coefficient (Wildman–Crippen LogP) is 4.32. The number of hydrogen-bond donors (Lipinski definition) is 3. The Hall–Kier alpha value is -4.04. The van der Waals surface area contributed by atoms with Crippen LogP contribution >= 0.6 is 11.6 Å². The summed E-state index contributed by atoms with van der Waals surface area (Å²) in [5.41, 5.74) is 4.51. The zero-order valence-corrected chi connectivity index (χ0v) is 16.2. The Bertz CT molecular complexity index is 1340. The number of hydrogen-bond acceptors (Lipinski definition) is 5. The molecular weight excluding hydrogens is 402 g/mol. The van der Waals surface area contributed by atoms with Crippen molar-refractivity contribution in [3.63, 3.8) is 0 Å². The molecule has 3 aromatic heterocycles. The lowest BCUT2D eigenvalue weighted by Crippen LogP contribution is -2.12. The number of pyridine rings is 1. The maximum absolute atomic E-state index is 12.5. The summed E-state index contributed by atoms with van der Waals surface area (Å²) in [6.45, 7) is 0. The topological polar surface area (TPSA) is 112 Å². The van der Waals surface area contributed by atoms with Gasteiger partial charge in [0.1, 0.15) is 11.5 Å². The van der Waals surface area contributed by atoms with Crippen molar-refractivity contribution in [2.75, 3.05) is 5.32 Å². The van der Waals surface area contributed by atoms with Crippen LogP contribution < -0.4 is 5.32 Å². The van der Waals surface area contributed by atoms with Gasteiger partial charge < -0.3 is 5.32 Å². The summed E-state index contributed by atoms with van der Waals surface area (Å²) in [5, 5.41) is 18.4. The standard InChI is InChI=1S/C21H14ClN7O/c22-18-7-5-14(10-23-18)21(30)26-15-3-1-2-12(8-15)19-16-9-13(20-24-11-25-29-20)4-6-17(16)27-28-19/h1-11H,(H,26,30)(H,27,28)(H,24,25,29). The van der Waals surface area contributed by atoms with Crippen molar-refractivity contribution in [3.05, 3.63) is 77.8 Å².